The first-order valence-electron chi connectivity index (χ1n) is 4.77. The van der Waals surface area contributed by atoms with E-state index in [1.165, 1.54) is 12.8 Å². The summed E-state index contributed by atoms with van der Waals surface area (Å²) in [6.07, 6.45) is 2.48. The Morgan fingerprint density at radius 2 is 1.86 bits per heavy atom. The van der Waals surface area contributed by atoms with Crippen molar-refractivity contribution >= 4 is 28.3 Å². The molecule has 1 aliphatic rings. The lowest BCUT2D eigenvalue weighted by atomic mass is 10.3. The van der Waals surface area contributed by atoms with Crippen LogP contribution < -0.4 is 0 Å². The zero-order chi connectivity index (χ0) is 9.80. The van der Waals surface area contributed by atoms with Crippen molar-refractivity contribution in [2.24, 2.45) is 10.3 Å². The van der Waals surface area contributed by atoms with Gasteiger partial charge in [-0.15, -0.1) is 5.11 Å². The summed E-state index contributed by atoms with van der Waals surface area (Å²) in [7, 11) is 0. The van der Waals surface area contributed by atoms with Crippen LogP contribution in [0.15, 0.2) is 34.6 Å². The molecule has 4 heteroatoms. The van der Waals surface area contributed by atoms with E-state index in [2.05, 4.69) is 32.9 Å². The highest BCUT2D eigenvalue weighted by molar-refractivity contribution is 14.1. The minimum absolute atomic E-state index is 0.958. The minimum atomic E-state index is 0.958. The van der Waals surface area contributed by atoms with Crippen molar-refractivity contribution in [1.29, 1.82) is 0 Å². The van der Waals surface area contributed by atoms with Crippen LogP contribution in [0, 0.1) is 3.57 Å². The lowest BCUT2D eigenvalue weighted by Crippen LogP contribution is -2.09. The van der Waals surface area contributed by atoms with Gasteiger partial charge in [-0.2, -0.15) is 0 Å². The largest absolute Gasteiger partial charge is 0.278 e. The molecule has 0 aromatic heterocycles. The molecule has 0 N–H and O–H groups in total. The Bertz CT molecular complexity index is 332. The number of hydrogen-bond donors (Lipinski definition) is 0. The van der Waals surface area contributed by atoms with E-state index in [0.717, 1.165) is 22.3 Å². The normalized spacial score (nSPS) is 16.8. The van der Waals surface area contributed by atoms with Crippen LogP contribution in [0.4, 0.5) is 5.69 Å². The van der Waals surface area contributed by atoms with Crippen LogP contribution in [-0.4, -0.2) is 18.1 Å². The molecule has 1 aromatic carbocycles. The maximum Gasteiger partial charge on any atom is 0.101 e. The highest BCUT2D eigenvalue weighted by Crippen LogP contribution is 2.21. The van der Waals surface area contributed by atoms with Gasteiger partial charge in [-0.3, -0.25) is 5.01 Å². The Morgan fingerprint density at radius 3 is 2.57 bits per heavy atom. The van der Waals surface area contributed by atoms with E-state index in [1.807, 2.05) is 29.3 Å². The van der Waals surface area contributed by atoms with E-state index in [-0.39, 0.29) is 0 Å². The van der Waals surface area contributed by atoms with E-state index in [0.29, 0.717) is 0 Å². The average molecular weight is 301 g/mol. The van der Waals surface area contributed by atoms with Gasteiger partial charge in [0.05, 0.1) is 0 Å². The van der Waals surface area contributed by atoms with E-state index < -0.39 is 0 Å². The molecular weight excluding hydrogens is 289 g/mol. The summed E-state index contributed by atoms with van der Waals surface area (Å²) >= 11 is 2.27. The predicted octanol–water partition coefficient (Wildman–Crippen LogP) is 3.39. The number of hydrogen-bond acceptors (Lipinski definition) is 2. The van der Waals surface area contributed by atoms with Crippen LogP contribution in [0.3, 0.4) is 0 Å². The van der Waals surface area contributed by atoms with Gasteiger partial charge in [-0.05, 0) is 47.6 Å². The van der Waals surface area contributed by atoms with E-state index in [1.54, 1.807) is 0 Å². The first-order chi connectivity index (χ1) is 6.86. The summed E-state index contributed by atoms with van der Waals surface area (Å²) in [6.45, 7) is 2.10. The molecule has 0 spiro atoms. The molecule has 14 heavy (non-hydrogen) atoms. The first kappa shape index (κ1) is 9.89. The van der Waals surface area contributed by atoms with Gasteiger partial charge in [-0.25, -0.2) is 0 Å². The fourth-order valence-electron chi connectivity index (χ4n) is 1.43. The number of halogens is 1. The van der Waals surface area contributed by atoms with Crippen molar-refractivity contribution in [3.8, 4) is 0 Å². The molecule has 1 fully saturated rings. The zero-order valence-corrected chi connectivity index (χ0v) is 10.0. The molecule has 2 rings (SSSR count). The van der Waals surface area contributed by atoms with Crippen molar-refractivity contribution < 1.29 is 0 Å². The second kappa shape index (κ2) is 4.72. The quantitative estimate of drug-likeness (QED) is 0.608. The second-order valence-corrected chi connectivity index (χ2v) is 4.46. The van der Waals surface area contributed by atoms with Gasteiger partial charge >= 0.3 is 0 Å². The van der Waals surface area contributed by atoms with Gasteiger partial charge in [0.1, 0.15) is 5.69 Å². The SMILES string of the molecule is Ic1ccccc1N=NN1CCCC1. The average Bonchev–Trinajstić information content (AvgIpc) is 2.69. The van der Waals surface area contributed by atoms with Crippen LogP contribution in [0.2, 0.25) is 0 Å². The Morgan fingerprint density at radius 1 is 1.14 bits per heavy atom. The minimum Gasteiger partial charge on any atom is -0.278 e. The molecule has 0 atom stereocenters. The van der Waals surface area contributed by atoms with Crippen molar-refractivity contribution in [2.45, 2.75) is 12.8 Å². The second-order valence-electron chi connectivity index (χ2n) is 3.30. The maximum atomic E-state index is 4.23. The molecule has 0 aliphatic carbocycles. The number of rotatable bonds is 2. The summed E-state index contributed by atoms with van der Waals surface area (Å²) in [5.41, 5.74) is 0.958. The van der Waals surface area contributed by atoms with E-state index in [9.17, 15) is 0 Å². The number of benzene rings is 1. The van der Waals surface area contributed by atoms with Gasteiger partial charge in [0, 0.05) is 16.7 Å². The molecule has 3 nitrogen and oxygen atoms in total. The highest BCUT2D eigenvalue weighted by atomic mass is 127. The first-order valence-corrected chi connectivity index (χ1v) is 5.85. The zero-order valence-electron chi connectivity index (χ0n) is 7.86. The summed E-state index contributed by atoms with van der Waals surface area (Å²) < 4.78 is 1.15. The molecule has 74 valence electrons. The van der Waals surface area contributed by atoms with E-state index >= 15 is 0 Å². The smallest absolute Gasteiger partial charge is 0.101 e. The monoisotopic (exact) mass is 301 g/mol. The van der Waals surface area contributed by atoms with Gasteiger partial charge in [0.25, 0.3) is 0 Å². The number of nitrogens with zero attached hydrogens (tertiary/aromatic N) is 3. The molecule has 1 saturated heterocycles. The Hall–Kier alpha value is -0.650. The van der Waals surface area contributed by atoms with Crippen LogP contribution in [0.5, 0.6) is 0 Å². The molecule has 0 bridgehead atoms. The van der Waals surface area contributed by atoms with E-state index in [4.69, 9.17) is 0 Å². The lowest BCUT2D eigenvalue weighted by Gasteiger charge is -2.06. The summed E-state index contributed by atoms with van der Waals surface area (Å²) in [5.74, 6) is 0. The molecule has 0 amide bonds. The molecule has 1 aliphatic heterocycles. The third-order valence-electron chi connectivity index (χ3n) is 2.21. The van der Waals surface area contributed by atoms with Crippen LogP contribution >= 0.6 is 22.6 Å². The lowest BCUT2D eigenvalue weighted by molar-refractivity contribution is 0.336. The fraction of sp³-hybridized carbons (Fsp3) is 0.400. The Labute approximate surface area is 97.3 Å². The van der Waals surface area contributed by atoms with Gasteiger partial charge in [0.2, 0.25) is 0 Å². The molecule has 0 unspecified atom stereocenters. The van der Waals surface area contributed by atoms with Crippen LogP contribution in [0.25, 0.3) is 0 Å². The standard InChI is InChI=1S/C10H12IN3/c11-9-5-1-2-6-10(9)12-13-14-7-3-4-8-14/h1-2,5-6H,3-4,7-8H2. The third-order valence-corrected chi connectivity index (χ3v) is 3.13. The summed E-state index contributed by atoms with van der Waals surface area (Å²) in [5, 5.41) is 10.5. The maximum absolute atomic E-state index is 4.23. The molecule has 0 saturated carbocycles. The summed E-state index contributed by atoms with van der Waals surface area (Å²) in [6, 6.07) is 8.03. The van der Waals surface area contributed by atoms with Crippen molar-refractivity contribution in [1.82, 2.24) is 5.01 Å². The molecule has 1 aromatic rings. The Kier molecular flexibility index (Phi) is 3.34. The predicted molar refractivity (Wildman–Crippen MR) is 64.5 cm³/mol. The van der Waals surface area contributed by atoms with Crippen molar-refractivity contribution in [2.75, 3.05) is 13.1 Å². The fourth-order valence-corrected chi connectivity index (χ4v) is 1.93. The van der Waals surface area contributed by atoms with Crippen molar-refractivity contribution in [3.05, 3.63) is 27.8 Å². The Balaban J connectivity index is 2.06. The third kappa shape index (κ3) is 2.43. The molecule has 0 radical (unpaired) electrons. The van der Waals surface area contributed by atoms with Gasteiger partial charge < -0.3 is 0 Å². The summed E-state index contributed by atoms with van der Waals surface area (Å²) in [4.78, 5) is 0. The van der Waals surface area contributed by atoms with Gasteiger partial charge in [0.15, 0.2) is 0 Å². The molecule has 1 heterocycles. The highest BCUT2D eigenvalue weighted by Gasteiger charge is 2.08. The topological polar surface area (TPSA) is 28.0 Å². The molecular formula is C10H12IN3. The van der Waals surface area contributed by atoms with Crippen molar-refractivity contribution in [3.63, 3.8) is 0 Å². The van der Waals surface area contributed by atoms with Crippen LogP contribution in [-0.2, 0) is 0 Å². The van der Waals surface area contributed by atoms with Crippen LogP contribution in [0.1, 0.15) is 12.8 Å². The van der Waals surface area contributed by atoms with Gasteiger partial charge in [-0.1, -0.05) is 17.4 Å².